The topological polar surface area (TPSA) is 63.2 Å². The van der Waals surface area contributed by atoms with Crippen LogP contribution in [0.5, 0.6) is 5.75 Å². The summed E-state index contributed by atoms with van der Waals surface area (Å²) < 4.78 is 6.77. The number of hydrogen-bond acceptors (Lipinski definition) is 6. The van der Waals surface area contributed by atoms with E-state index in [1.165, 1.54) is 10.4 Å². The molecule has 0 saturated heterocycles. The van der Waals surface area contributed by atoms with Gasteiger partial charge in [0.25, 0.3) is 5.91 Å². The zero-order chi connectivity index (χ0) is 25.9. The number of ether oxygens (including phenoxy) is 1. The maximum Gasteiger partial charge on any atom is 0.260 e. The minimum absolute atomic E-state index is 0.0914. The molecule has 0 bridgehead atoms. The number of carbonyl (C=O) groups is 1. The highest BCUT2D eigenvalue weighted by atomic mass is 32.1. The number of benzene rings is 3. The Bertz CT molecular complexity index is 1650. The first kappa shape index (κ1) is 24.1. The van der Waals surface area contributed by atoms with Gasteiger partial charge in [-0.3, -0.25) is 4.79 Å². The van der Waals surface area contributed by atoms with Crippen molar-refractivity contribution in [3.05, 3.63) is 76.7 Å². The molecule has 0 atom stereocenters. The van der Waals surface area contributed by atoms with Gasteiger partial charge in [0.05, 0.1) is 22.9 Å². The molecule has 1 aliphatic rings. The first-order valence-electron chi connectivity index (χ1n) is 12.3. The van der Waals surface area contributed by atoms with Gasteiger partial charge in [-0.15, -0.1) is 22.7 Å². The zero-order valence-electron chi connectivity index (χ0n) is 21.6. The molecular weight excluding hydrogens is 498 g/mol. The molecule has 37 heavy (non-hydrogen) atoms. The number of nitrogens with zero attached hydrogens (tertiary/aromatic N) is 1. The molecule has 3 aromatic carbocycles. The highest BCUT2D eigenvalue weighted by molar-refractivity contribution is 7.23. The monoisotopic (exact) mass is 527 g/mol. The molecule has 0 unspecified atom stereocenters. The van der Waals surface area contributed by atoms with Crippen LogP contribution in [-0.2, 0) is 12.0 Å². The Hall–Kier alpha value is -3.26. The predicted molar refractivity (Wildman–Crippen MR) is 155 cm³/mol. The fraction of sp³-hybridized carbons (Fsp3) is 0.267. The standard InChI is InChI=1S/C30H29N3O2S2/c1-29(2)16-20-24(27-31-21-12-8-9-13-23(21)36-27)28(37-25(20)30(3,4)33-29)32-26(34)19-14-17-10-6-7-11-18(17)15-22(19)35-5/h6-15,33H,16H2,1-5H3,(H,32,34). The Morgan fingerprint density at radius 2 is 1.70 bits per heavy atom. The van der Waals surface area contributed by atoms with Gasteiger partial charge in [0.15, 0.2) is 0 Å². The van der Waals surface area contributed by atoms with Crippen LogP contribution in [0, 0.1) is 0 Å². The predicted octanol–water partition coefficient (Wildman–Crippen LogP) is 7.60. The van der Waals surface area contributed by atoms with Crippen LogP contribution < -0.4 is 15.4 Å². The highest BCUT2D eigenvalue weighted by Gasteiger charge is 2.41. The molecule has 0 radical (unpaired) electrons. The van der Waals surface area contributed by atoms with E-state index in [1.807, 2.05) is 54.6 Å². The lowest BCUT2D eigenvalue weighted by Gasteiger charge is -2.42. The van der Waals surface area contributed by atoms with E-state index in [0.717, 1.165) is 43.0 Å². The molecule has 188 valence electrons. The molecule has 7 heteroatoms. The fourth-order valence-corrected chi connectivity index (χ4v) is 7.94. The van der Waals surface area contributed by atoms with E-state index in [2.05, 4.69) is 44.4 Å². The average molecular weight is 528 g/mol. The number of anilines is 1. The van der Waals surface area contributed by atoms with Crippen molar-refractivity contribution in [3.8, 4) is 16.3 Å². The van der Waals surface area contributed by atoms with E-state index in [-0.39, 0.29) is 17.0 Å². The summed E-state index contributed by atoms with van der Waals surface area (Å²) in [4.78, 5) is 20.0. The van der Waals surface area contributed by atoms with Crippen molar-refractivity contribution in [2.24, 2.45) is 0 Å². The summed E-state index contributed by atoms with van der Waals surface area (Å²) >= 11 is 3.32. The molecule has 5 nitrogen and oxygen atoms in total. The molecular formula is C30H29N3O2S2. The number of carbonyl (C=O) groups excluding carboxylic acids is 1. The Morgan fingerprint density at radius 3 is 2.43 bits per heavy atom. The van der Waals surface area contributed by atoms with Crippen LogP contribution in [0.15, 0.2) is 60.7 Å². The number of thiophene rings is 1. The summed E-state index contributed by atoms with van der Waals surface area (Å²) in [6, 6.07) is 20.0. The summed E-state index contributed by atoms with van der Waals surface area (Å²) in [5.74, 6) is 0.371. The van der Waals surface area contributed by atoms with E-state index >= 15 is 0 Å². The highest BCUT2D eigenvalue weighted by Crippen LogP contribution is 2.50. The summed E-state index contributed by atoms with van der Waals surface area (Å²) in [6.45, 7) is 8.89. The Balaban J connectivity index is 1.51. The number of hydrogen-bond donors (Lipinski definition) is 2. The fourth-order valence-electron chi connectivity index (χ4n) is 5.56. The smallest absolute Gasteiger partial charge is 0.260 e. The van der Waals surface area contributed by atoms with E-state index in [0.29, 0.717) is 11.3 Å². The molecule has 0 aliphatic carbocycles. The van der Waals surface area contributed by atoms with Crippen molar-refractivity contribution in [2.75, 3.05) is 12.4 Å². The van der Waals surface area contributed by atoms with Gasteiger partial charge in [0.2, 0.25) is 0 Å². The van der Waals surface area contributed by atoms with E-state index in [9.17, 15) is 4.79 Å². The average Bonchev–Trinajstić information content (AvgIpc) is 3.43. The SMILES string of the molecule is COc1cc2ccccc2cc1C(=O)Nc1sc2c(c1-c1nc3ccccc3s1)CC(C)(C)NC2(C)C. The third-order valence-electron chi connectivity index (χ3n) is 6.89. The van der Waals surface area contributed by atoms with E-state index < -0.39 is 0 Å². The third kappa shape index (κ3) is 4.21. The lowest BCUT2D eigenvalue weighted by atomic mass is 9.81. The van der Waals surface area contributed by atoms with Gasteiger partial charge in [-0.2, -0.15) is 0 Å². The minimum atomic E-state index is -0.239. The number of rotatable bonds is 4. The van der Waals surface area contributed by atoms with Crippen molar-refractivity contribution in [1.82, 2.24) is 10.3 Å². The van der Waals surface area contributed by atoms with Crippen molar-refractivity contribution in [3.63, 3.8) is 0 Å². The van der Waals surface area contributed by atoms with Gasteiger partial charge in [-0.25, -0.2) is 4.98 Å². The van der Waals surface area contributed by atoms with Gasteiger partial charge in [0, 0.05) is 21.5 Å². The maximum absolute atomic E-state index is 13.8. The molecule has 2 aromatic heterocycles. The summed E-state index contributed by atoms with van der Waals surface area (Å²) in [6.07, 6.45) is 0.850. The van der Waals surface area contributed by atoms with E-state index in [1.54, 1.807) is 29.8 Å². The molecule has 2 N–H and O–H groups in total. The summed E-state index contributed by atoms with van der Waals surface area (Å²) in [5.41, 5.74) is 3.46. The second-order valence-electron chi connectivity index (χ2n) is 10.8. The molecule has 6 rings (SSSR count). The molecule has 5 aromatic rings. The number of para-hydroxylation sites is 1. The van der Waals surface area contributed by atoms with Gasteiger partial charge in [-0.05, 0) is 74.7 Å². The van der Waals surface area contributed by atoms with Crippen LogP contribution in [-0.4, -0.2) is 23.5 Å². The Labute approximate surface area is 224 Å². The molecule has 1 amide bonds. The molecule has 0 fully saturated rings. The first-order valence-corrected chi connectivity index (χ1v) is 14.0. The molecule has 3 heterocycles. The Kier molecular flexibility index (Phi) is 5.64. The summed E-state index contributed by atoms with van der Waals surface area (Å²) in [5, 5.41) is 10.9. The minimum Gasteiger partial charge on any atom is -0.496 e. The van der Waals surface area contributed by atoms with Crippen LogP contribution >= 0.6 is 22.7 Å². The zero-order valence-corrected chi connectivity index (χ0v) is 23.2. The van der Waals surface area contributed by atoms with E-state index in [4.69, 9.17) is 9.72 Å². The van der Waals surface area contributed by atoms with Crippen molar-refractivity contribution in [1.29, 1.82) is 0 Å². The lowest BCUT2D eigenvalue weighted by Crippen LogP contribution is -2.54. The van der Waals surface area contributed by atoms with Gasteiger partial charge < -0.3 is 15.4 Å². The van der Waals surface area contributed by atoms with Crippen molar-refractivity contribution < 1.29 is 9.53 Å². The molecule has 0 spiro atoms. The third-order valence-corrected chi connectivity index (χ3v) is 9.42. The van der Waals surface area contributed by atoms with Gasteiger partial charge >= 0.3 is 0 Å². The van der Waals surface area contributed by atoms with Crippen LogP contribution in [0.2, 0.25) is 0 Å². The number of methoxy groups -OCH3 is 1. The van der Waals surface area contributed by atoms with Crippen molar-refractivity contribution in [2.45, 2.75) is 45.2 Å². The quantitative estimate of drug-likeness (QED) is 0.253. The van der Waals surface area contributed by atoms with Gasteiger partial charge in [-0.1, -0.05) is 36.4 Å². The first-order chi connectivity index (χ1) is 17.6. The van der Waals surface area contributed by atoms with Gasteiger partial charge in [0.1, 0.15) is 15.8 Å². The lowest BCUT2D eigenvalue weighted by molar-refractivity contribution is 0.102. The van der Waals surface area contributed by atoms with Crippen LogP contribution in [0.1, 0.15) is 48.5 Å². The van der Waals surface area contributed by atoms with Crippen LogP contribution in [0.3, 0.4) is 0 Å². The second-order valence-corrected chi connectivity index (χ2v) is 12.8. The number of nitrogens with one attached hydrogen (secondary N) is 2. The summed E-state index contributed by atoms with van der Waals surface area (Å²) in [7, 11) is 1.60. The molecule has 0 saturated carbocycles. The maximum atomic E-state index is 13.8. The van der Waals surface area contributed by atoms with Crippen LogP contribution in [0.25, 0.3) is 31.6 Å². The number of aromatic nitrogens is 1. The number of thiazole rings is 1. The second kappa shape index (κ2) is 8.65. The largest absolute Gasteiger partial charge is 0.496 e. The number of fused-ring (bicyclic) bond motifs is 3. The Morgan fingerprint density at radius 1 is 1.00 bits per heavy atom. The van der Waals surface area contributed by atoms with Crippen LogP contribution in [0.4, 0.5) is 5.00 Å². The van der Waals surface area contributed by atoms with Crippen molar-refractivity contribution >= 4 is 54.6 Å². The normalized spacial score (nSPS) is 16.0. The number of amides is 1. The molecule has 1 aliphatic heterocycles.